The normalized spacial score (nSPS) is 13.8. The molecule has 0 aliphatic carbocycles. The van der Waals surface area contributed by atoms with Crippen molar-refractivity contribution in [2.75, 3.05) is 46.2 Å². The molecule has 4 N–H and O–H groups in total. The van der Waals surface area contributed by atoms with Crippen LogP contribution in [0.4, 0.5) is 0 Å². The van der Waals surface area contributed by atoms with Gasteiger partial charge >= 0.3 is 0 Å². The Labute approximate surface area is 112 Å². The van der Waals surface area contributed by atoms with E-state index in [9.17, 15) is 0 Å². The van der Waals surface area contributed by atoms with Crippen LogP contribution in [0, 0.1) is 0 Å². The summed E-state index contributed by atoms with van der Waals surface area (Å²) in [7, 11) is -1.27. The Morgan fingerprint density at radius 1 is 0.889 bits per heavy atom. The van der Waals surface area contributed by atoms with E-state index in [0.29, 0.717) is 46.2 Å². The van der Waals surface area contributed by atoms with Gasteiger partial charge in [0, 0.05) is 12.3 Å². The molecule has 18 heavy (non-hydrogen) atoms. The van der Waals surface area contributed by atoms with Crippen molar-refractivity contribution in [2.45, 2.75) is 31.7 Å². The number of ether oxygens (including phenoxy) is 3. The molecule has 0 aromatic heterocycles. The summed E-state index contributed by atoms with van der Waals surface area (Å²) in [5.74, 6) is 0. The van der Waals surface area contributed by atoms with E-state index in [1.807, 2.05) is 0 Å². The van der Waals surface area contributed by atoms with Gasteiger partial charge in [0.25, 0.3) is 0 Å². The predicted octanol–water partition coefficient (Wildman–Crippen LogP) is 0.590. The fourth-order valence-electron chi connectivity index (χ4n) is 1.09. The first-order valence-corrected chi connectivity index (χ1v) is 10.2. The quantitative estimate of drug-likeness (QED) is 0.403. The Hall–Kier alpha value is 0.0169. The molecule has 0 aliphatic rings. The van der Waals surface area contributed by atoms with Crippen LogP contribution in [0.5, 0.6) is 0 Å². The maximum atomic E-state index is 6.03. The lowest BCUT2D eigenvalue weighted by molar-refractivity contribution is 0.0143. The molecular weight excluding hydrogens is 248 g/mol. The summed E-state index contributed by atoms with van der Waals surface area (Å²) in [6.07, 6.45) is 0.900. The van der Waals surface area contributed by atoms with Crippen molar-refractivity contribution in [1.82, 2.24) is 0 Å². The highest BCUT2D eigenvalue weighted by atomic mass is 28.3. The Balaban J connectivity index is 3.17. The predicted molar refractivity (Wildman–Crippen MR) is 77.4 cm³/mol. The van der Waals surface area contributed by atoms with E-state index in [1.54, 1.807) is 0 Å². The molecular formula is C12H30N2O3Si. The van der Waals surface area contributed by atoms with E-state index >= 15 is 0 Å². The zero-order chi connectivity index (χ0) is 13.9. The lowest BCUT2D eigenvalue weighted by Crippen LogP contribution is -2.48. The van der Waals surface area contributed by atoms with Gasteiger partial charge in [-0.05, 0) is 13.0 Å². The molecule has 0 rings (SSSR count). The Kier molecular flexibility index (Phi) is 10.9. The maximum absolute atomic E-state index is 6.03. The number of rotatable bonds is 12. The first kappa shape index (κ1) is 18.0. The Bertz CT molecular complexity index is 189. The van der Waals surface area contributed by atoms with E-state index in [4.69, 9.17) is 25.7 Å². The van der Waals surface area contributed by atoms with Crippen LogP contribution in [0.2, 0.25) is 19.6 Å². The van der Waals surface area contributed by atoms with Gasteiger partial charge in [-0.3, -0.25) is 0 Å². The largest absolute Gasteiger partial charge is 0.379 e. The molecule has 0 aliphatic heterocycles. The van der Waals surface area contributed by atoms with E-state index in [2.05, 4.69) is 19.6 Å². The zero-order valence-electron chi connectivity index (χ0n) is 12.1. The fraction of sp³-hybridized carbons (Fsp3) is 1.00. The second-order valence-electron chi connectivity index (χ2n) is 5.41. The van der Waals surface area contributed by atoms with Gasteiger partial charge in [-0.25, -0.2) is 0 Å². The molecule has 0 amide bonds. The van der Waals surface area contributed by atoms with Crippen molar-refractivity contribution >= 4 is 8.07 Å². The molecule has 1 unspecified atom stereocenters. The number of hydrogen-bond donors (Lipinski definition) is 2. The first-order chi connectivity index (χ1) is 8.48. The topological polar surface area (TPSA) is 79.7 Å². The lowest BCUT2D eigenvalue weighted by Gasteiger charge is -2.24. The third-order valence-electron chi connectivity index (χ3n) is 2.65. The molecule has 0 fully saturated rings. The van der Waals surface area contributed by atoms with Gasteiger partial charge in [0.1, 0.15) is 0 Å². The van der Waals surface area contributed by atoms with E-state index in [1.165, 1.54) is 0 Å². The van der Waals surface area contributed by atoms with Crippen LogP contribution in [0.25, 0.3) is 0 Å². The van der Waals surface area contributed by atoms with Gasteiger partial charge < -0.3 is 25.7 Å². The Morgan fingerprint density at radius 2 is 1.39 bits per heavy atom. The molecule has 5 nitrogen and oxygen atoms in total. The maximum Gasteiger partial charge on any atom is 0.0701 e. The molecule has 0 saturated heterocycles. The summed E-state index contributed by atoms with van der Waals surface area (Å²) in [5, 5.41) is 0. The van der Waals surface area contributed by atoms with Gasteiger partial charge in [0.2, 0.25) is 0 Å². The summed E-state index contributed by atoms with van der Waals surface area (Å²) < 4.78 is 16.2. The van der Waals surface area contributed by atoms with Gasteiger partial charge in [0.05, 0.1) is 41.1 Å². The number of nitrogens with two attached hydrogens (primary N) is 2. The Morgan fingerprint density at radius 3 is 1.89 bits per heavy atom. The lowest BCUT2D eigenvalue weighted by atomic mass is 10.5. The van der Waals surface area contributed by atoms with Crippen molar-refractivity contribution in [3.63, 3.8) is 0 Å². The van der Waals surface area contributed by atoms with Crippen molar-refractivity contribution in [2.24, 2.45) is 11.5 Å². The fourth-order valence-corrected chi connectivity index (χ4v) is 1.70. The molecule has 6 heteroatoms. The van der Waals surface area contributed by atoms with Crippen LogP contribution >= 0.6 is 0 Å². The summed E-state index contributed by atoms with van der Waals surface area (Å²) in [5.41, 5.74) is 11.6. The van der Waals surface area contributed by atoms with Crippen LogP contribution in [0.15, 0.2) is 0 Å². The molecule has 0 aromatic carbocycles. The van der Waals surface area contributed by atoms with Crippen LogP contribution in [0.3, 0.4) is 0 Å². The molecule has 110 valence electrons. The molecule has 0 bridgehead atoms. The molecule has 0 radical (unpaired) electrons. The monoisotopic (exact) mass is 278 g/mol. The second-order valence-corrected chi connectivity index (χ2v) is 10.9. The highest BCUT2D eigenvalue weighted by Gasteiger charge is 2.22. The van der Waals surface area contributed by atoms with E-state index < -0.39 is 8.07 Å². The highest BCUT2D eigenvalue weighted by molar-refractivity contribution is 6.77. The standard InChI is InChI=1S/C12H30N2O3Si/c1-18(2,3)12(14)11-17-10-9-16-8-7-15-6-4-5-13/h12H,4-11,13-14H2,1-3H3. The SMILES string of the molecule is C[Si](C)(C)C(N)COCCOCCOCCCN. The van der Waals surface area contributed by atoms with Gasteiger partial charge in [-0.15, -0.1) is 0 Å². The zero-order valence-corrected chi connectivity index (χ0v) is 13.1. The minimum absolute atomic E-state index is 0.192. The van der Waals surface area contributed by atoms with Crippen molar-refractivity contribution in [3.8, 4) is 0 Å². The highest BCUT2D eigenvalue weighted by Crippen LogP contribution is 2.05. The number of hydrogen-bond acceptors (Lipinski definition) is 5. The minimum Gasteiger partial charge on any atom is -0.379 e. The summed E-state index contributed by atoms with van der Waals surface area (Å²) in [4.78, 5) is 0. The minimum atomic E-state index is -1.27. The molecule has 0 spiro atoms. The van der Waals surface area contributed by atoms with Gasteiger partial charge in [0.15, 0.2) is 0 Å². The average Bonchev–Trinajstić information content (AvgIpc) is 2.30. The third-order valence-corrected chi connectivity index (χ3v) is 5.04. The van der Waals surface area contributed by atoms with Crippen LogP contribution < -0.4 is 11.5 Å². The van der Waals surface area contributed by atoms with Crippen molar-refractivity contribution < 1.29 is 14.2 Å². The third kappa shape index (κ3) is 11.1. The van der Waals surface area contributed by atoms with Crippen LogP contribution in [-0.2, 0) is 14.2 Å². The molecule has 0 aromatic rings. The van der Waals surface area contributed by atoms with Gasteiger partial charge in [-0.2, -0.15) is 0 Å². The first-order valence-electron chi connectivity index (χ1n) is 6.67. The van der Waals surface area contributed by atoms with Gasteiger partial charge in [-0.1, -0.05) is 19.6 Å². The van der Waals surface area contributed by atoms with E-state index in [-0.39, 0.29) is 5.67 Å². The van der Waals surface area contributed by atoms with Crippen molar-refractivity contribution in [1.29, 1.82) is 0 Å². The van der Waals surface area contributed by atoms with Crippen LogP contribution in [-0.4, -0.2) is 59.9 Å². The summed E-state index contributed by atoms with van der Waals surface area (Å²) in [6, 6.07) is 0. The van der Waals surface area contributed by atoms with Crippen LogP contribution in [0.1, 0.15) is 6.42 Å². The smallest absolute Gasteiger partial charge is 0.0701 e. The molecule has 0 saturated carbocycles. The average molecular weight is 278 g/mol. The second kappa shape index (κ2) is 10.9. The molecule has 1 atom stereocenters. The summed E-state index contributed by atoms with van der Waals surface area (Å²) >= 11 is 0. The molecule has 0 heterocycles. The van der Waals surface area contributed by atoms with E-state index in [0.717, 1.165) is 6.42 Å². The van der Waals surface area contributed by atoms with Crippen molar-refractivity contribution in [3.05, 3.63) is 0 Å². The summed E-state index contributed by atoms with van der Waals surface area (Å²) in [6.45, 7) is 11.2.